The van der Waals surface area contributed by atoms with Crippen molar-refractivity contribution in [3.63, 3.8) is 0 Å². The maximum absolute atomic E-state index is 2.54. The fourth-order valence-electron chi connectivity index (χ4n) is 4.15. The van der Waals surface area contributed by atoms with E-state index in [1.165, 1.54) is 24.0 Å². The molecule has 3 heteroatoms. The number of benzene rings is 2. The first-order chi connectivity index (χ1) is 11.2. The Bertz CT molecular complexity index is 744. The summed E-state index contributed by atoms with van der Waals surface area (Å²) in [5, 5.41) is 0. The molecule has 2 aromatic rings. The molecule has 128 valence electrons. The van der Waals surface area contributed by atoms with Crippen molar-refractivity contribution in [3.8, 4) is 0 Å². The average Bonchev–Trinajstić information content (AvgIpc) is 3.16. The number of hydrogen-bond acceptors (Lipinski definition) is 0. The quantitative estimate of drug-likeness (QED) is 0.605. The third-order valence-electron chi connectivity index (χ3n) is 5.54. The topological polar surface area (TPSA) is 0 Å². The molecule has 0 saturated carbocycles. The first-order valence-corrected chi connectivity index (χ1v) is 11.1. The minimum Gasteiger partial charge on any atom is -1.00 e. The minimum absolute atomic E-state index is 0. The standard InChI is InChI=1S/2C11H11.2ClH.Zr/c2*1-2-9-7-8-10-5-3-4-6-11(9)10;;;/h2*3-8H,2H2,1H3;2*1H;/q;;;;+2/p-2. The molecule has 2 atom stereocenters. The summed E-state index contributed by atoms with van der Waals surface area (Å²) in [5.74, 6) is 0. The molecule has 2 unspecified atom stereocenters. The molecule has 0 heterocycles. The van der Waals surface area contributed by atoms with Gasteiger partial charge in [-0.1, -0.05) is 0 Å². The smallest absolute Gasteiger partial charge is 1.00 e. The molecule has 2 aliphatic rings. The van der Waals surface area contributed by atoms with E-state index in [0.717, 1.165) is 0 Å². The van der Waals surface area contributed by atoms with E-state index >= 15 is 0 Å². The number of hydrogen-bond donors (Lipinski definition) is 0. The van der Waals surface area contributed by atoms with Gasteiger partial charge in [0, 0.05) is 0 Å². The fourth-order valence-corrected chi connectivity index (χ4v) is 9.58. The van der Waals surface area contributed by atoms with Gasteiger partial charge in [-0.2, -0.15) is 0 Å². The van der Waals surface area contributed by atoms with Crippen molar-refractivity contribution in [2.24, 2.45) is 0 Å². The van der Waals surface area contributed by atoms with Crippen LogP contribution in [0.3, 0.4) is 0 Å². The van der Waals surface area contributed by atoms with Gasteiger partial charge in [-0.25, -0.2) is 0 Å². The Hall–Kier alpha value is -0.617. The van der Waals surface area contributed by atoms with Gasteiger partial charge in [0.25, 0.3) is 0 Å². The van der Waals surface area contributed by atoms with Gasteiger partial charge in [0.15, 0.2) is 0 Å². The summed E-state index contributed by atoms with van der Waals surface area (Å²) in [4.78, 5) is 0. The van der Waals surface area contributed by atoms with Gasteiger partial charge in [0.1, 0.15) is 0 Å². The largest absolute Gasteiger partial charge is 1.00 e. The van der Waals surface area contributed by atoms with Crippen LogP contribution < -0.4 is 24.8 Å². The number of fused-ring (bicyclic) bond motifs is 2. The minimum atomic E-state index is -0.799. The summed E-state index contributed by atoms with van der Waals surface area (Å²) in [5.41, 5.74) is 6.05. The van der Waals surface area contributed by atoms with Crippen LogP contribution in [-0.2, 0) is 29.5 Å². The molecule has 0 fully saturated rings. The van der Waals surface area contributed by atoms with Crippen molar-refractivity contribution in [1.29, 1.82) is 0 Å². The SMILES string of the molecule is CC[C]1([Zr+2][C]2(CC)C=Cc3ccccc32)C=Cc2ccccc21.[Cl-].[Cl-]. The van der Waals surface area contributed by atoms with Crippen LogP contribution in [0.5, 0.6) is 0 Å². The molecule has 0 radical (unpaired) electrons. The molecular formula is C22H22Cl2Zr. The van der Waals surface area contributed by atoms with E-state index in [2.05, 4.69) is 86.7 Å². The zero-order chi connectivity index (χ0) is 15.9. The first-order valence-electron chi connectivity index (χ1n) is 8.60. The predicted octanol–water partition coefficient (Wildman–Crippen LogP) is -0.258. The molecule has 4 rings (SSSR count). The second-order valence-corrected chi connectivity index (χ2v) is 11.6. The fraction of sp³-hybridized carbons (Fsp3) is 0.273. The maximum atomic E-state index is 2.54. The van der Waals surface area contributed by atoms with Crippen LogP contribution in [0.15, 0.2) is 60.7 Å². The van der Waals surface area contributed by atoms with E-state index in [4.69, 9.17) is 0 Å². The van der Waals surface area contributed by atoms with Gasteiger partial charge in [-0.05, 0) is 0 Å². The second kappa shape index (κ2) is 7.95. The van der Waals surface area contributed by atoms with Crippen LogP contribution in [0.25, 0.3) is 12.2 Å². The van der Waals surface area contributed by atoms with Gasteiger partial charge in [0.2, 0.25) is 0 Å². The molecule has 0 aliphatic heterocycles. The third-order valence-corrected chi connectivity index (χ3v) is 11.6. The molecule has 0 N–H and O–H groups in total. The van der Waals surface area contributed by atoms with Crippen molar-refractivity contribution in [3.05, 3.63) is 82.9 Å². The summed E-state index contributed by atoms with van der Waals surface area (Å²) in [7, 11) is 0. The summed E-state index contributed by atoms with van der Waals surface area (Å²) in [6.07, 6.45) is 12.3. The molecule has 0 aromatic heterocycles. The van der Waals surface area contributed by atoms with Crippen molar-refractivity contribution < 1.29 is 48.0 Å². The predicted molar refractivity (Wildman–Crippen MR) is 94.9 cm³/mol. The normalized spacial score (nSPS) is 24.7. The van der Waals surface area contributed by atoms with Crippen LogP contribution >= 0.6 is 0 Å². The van der Waals surface area contributed by atoms with Gasteiger partial charge < -0.3 is 24.8 Å². The first kappa shape index (κ1) is 20.7. The Morgan fingerprint density at radius 1 is 0.680 bits per heavy atom. The molecule has 0 bridgehead atoms. The number of halogens is 2. The van der Waals surface area contributed by atoms with E-state index in [1.807, 2.05) is 0 Å². The average molecular weight is 449 g/mol. The van der Waals surface area contributed by atoms with Gasteiger partial charge >= 0.3 is 151 Å². The van der Waals surface area contributed by atoms with E-state index in [-0.39, 0.29) is 24.8 Å². The van der Waals surface area contributed by atoms with E-state index in [1.54, 1.807) is 11.1 Å². The summed E-state index contributed by atoms with van der Waals surface area (Å²) in [6.45, 7) is 4.75. The van der Waals surface area contributed by atoms with E-state index in [0.29, 0.717) is 6.25 Å². The van der Waals surface area contributed by atoms with Crippen molar-refractivity contribution in [2.75, 3.05) is 0 Å². The van der Waals surface area contributed by atoms with E-state index in [9.17, 15) is 0 Å². The Labute approximate surface area is 175 Å². The number of allylic oxidation sites excluding steroid dienone is 2. The molecule has 2 aliphatic carbocycles. The third kappa shape index (κ3) is 3.25. The van der Waals surface area contributed by atoms with Crippen LogP contribution in [0.2, 0.25) is 0 Å². The molecule has 0 saturated heterocycles. The molecule has 2 aromatic carbocycles. The molecule has 0 amide bonds. The van der Waals surface area contributed by atoms with E-state index < -0.39 is 23.2 Å². The van der Waals surface area contributed by atoms with Gasteiger partial charge in [-0.15, -0.1) is 0 Å². The van der Waals surface area contributed by atoms with Crippen molar-refractivity contribution >= 4 is 12.2 Å². The van der Waals surface area contributed by atoms with Crippen LogP contribution in [-0.4, -0.2) is 0 Å². The number of rotatable bonds is 4. The summed E-state index contributed by atoms with van der Waals surface area (Å²) < 4.78 is 0.662. The maximum Gasteiger partial charge on any atom is -1.00 e. The zero-order valence-corrected chi connectivity index (χ0v) is 18.6. The monoisotopic (exact) mass is 446 g/mol. The summed E-state index contributed by atoms with van der Waals surface area (Å²) in [6, 6.07) is 18.1. The van der Waals surface area contributed by atoms with Crippen molar-refractivity contribution in [2.45, 2.75) is 32.9 Å². The van der Waals surface area contributed by atoms with Gasteiger partial charge in [0.05, 0.1) is 0 Å². The van der Waals surface area contributed by atoms with Crippen LogP contribution in [0.4, 0.5) is 0 Å². The molecule has 0 spiro atoms. The molecule has 25 heavy (non-hydrogen) atoms. The Morgan fingerprint density at radius 2 is 1.08 bits per heavy atom. The van der Waals surface area contributed by atoms with Crippen LogP contribution in [0.1, 0.15) is 48.9 Å². The Kier molecular flexibility index (Phi) is 6.58. The Balaban J connectivity index is 0.00000113. The second-order valence-electron chi connectivity index (χ2n) is 6.62. The zero-order valence-electron chi connectivity index (χ0n) is 14.6. The van der Waals surface area contributed by atoms with Gasteiger partial charge in [-0.3, -0.25) is 0 Å². The molecule has 0 nitrogen and oxygen atoms in total. The molecular weight excluding hydrogens is 426 g/mol. The summed E-state index contributed by atoms with van der Waals surface area (Å²) >= 11 is -0.799. The Morgan fingerprint density at radius 3 is 1.48 bits per heavy atom. The van der Waals surface area contributed by atoms with Crippen LogP contribution in [0, 0.1) is 0 Å². The van der Waals surface area contributed by atoms with Crippen molar-refractivity contribution in [1.82, 2.24) is 0 Å².